The van der Waals surface area contributed by atoms with Gasteiger partial charge in [0.15, 0.2) is 0 Å². The first-order valence-corrected chi connectivity index (χ1v) is 5.71. The van der Waals surface area contributed by atoms with Crippen LogP contribution in [0, 0.1) is 24.2 Å². The van der Waals surface area contributed by atoms with Gasteiger partial charge in [0.2, 0.25) is 5.91 Å². The van der Waals surface area contributed by atoms with Gasteiger partial charge in [0.05, 0.1) is 12.6 Å². The Bertz CT molecular complexity index is 313. The molecule has 2 atom stereocenters. The van der Waals surface area contributed by atoms with Crippen LogP contribution in [0.1, 0.15) is 20.3 Å². The summed E-state index contributed by atoms with van der Waals surface area (Å²) in [5.74, 6) is 2.12. The average molecular weight is 235 g/mol. The van der Waals surface area contributed by atoms with Gasteiger partial charge in [0.25, 0.3) is 0 Å². The van der Waals surface area contributed by atoms with E-state index in [0.29, 0.717) is 6.42 Å². The van der Waals surface area contributed by atoms with E-state index in [1.54, 1.807) is 12.2 Å². The zero-order chi connectivity index (χ0) is 13.3. The fourth-order valence-corrected chi connectivity index (χ4v) is 1.43. The van der Waals surface area contributed by atoms with Crippen LogP contribution in [0.25, 0.3) is 0 Å². The maximum Gasteiger partial charge on any atom is 0.244 e. The van der Waals surface area contributed by atoms with Crippen molar-refractivity contribution in [1.29, 1.82) is 0 Å². The van der Waals surface area contributed by atoms with E-state index in [4.69, 9.17) is 6.42 Å². The fraction of sp³-hybridized carbons (Fsp3) is 0.500. The van der Waals surface area contributed by atoms with E-state index >= 15 is 0 Å². The number of hydrogen-bond donors (Lipinski definition) is 2. The number of carbonyl (C=O) groups is 1. The Morgan fingerprint density at radius 2 is 2.24 bits per heavy atom. The minimum Gasteiger partial charge on any atom is -0.392 e. The number of amides is 1. The average Bonchev–Trinajstić information content (AvgIpc) is 2.30. The summed E-state index contributed by atoms with van der Waals surface area (Å²) in [6, 6.07) is 0. The van der Waals surface area contributed by atoms with E-state index in [2.05, 4.69) is 17.8 Å². The van der Waals surface area contributed by atoms with Crippen molar-refractivity contribution >= 4 is 5.91 Å². The van der Waals surface area contributed by atoms with Crippen LogP contribution in [-0.2, 0) is 4.79 Å². The molecule has 0 aliphatic heterocycles. The second-order valence-corrected chi connectivity index (χ2v) is 4.20. The van der Waals surface area contributed by atoms with Crippen molar-refractivity contribution in [1.82, 2.24) is 5.32 Å². The van der Waals surface area contributed by atoms with Gasteiger partial charge in [-0.3, -0.25) is 4.79 Å². The summed E-state index contributed by atoms with van der Waals surface area (Å²) in [6.07, 6.45) is 10.0. The second kappa shape index (κ2) is 8.60. The van der Waals surface area contributed by atoms with Crippen LogP contribution in [0.2, 0.25) is 0 Å². The molecule has 0 aromatic rings. The zero-order valence-corrected chi connectivity index (χ0v) is 10.5. The van der Waals surface area contributed by atoms with Gasteiger partial charge in [-0.1, -0.05) is 31.9 Å². The van der Waals surface area contributed by atoms with Gasteiger partial charge in [0, 0.05) is 5.92 Å². The summed E-state index contributed by atoms with van der Waals surface area (Å²) in [4.78, 5) is 11.3. The molecule has 0 aliphatic carbocycles. The summed E-state index contributed by atoms with van der Waals surface area (Å²) >= 11 is 0. The van der Waals surface area contributed by atoms with Gasteiger partial charge in [-0.2, -0.15) is 0 Å². The highest BCUT2D eigenvalue weighted by atomic mass is 16.3. The third-order valence-corrected chi connectivity index (χ3v) is 2.42. The Morgan fingerprint density at radius 3 is 2.71 bits per heavy atom. The first-order valence-electron chi connectivity index (χ1n) is 5.71. The molecule has 0 heterocycles. The summed E-state index contributed by atoms with van der Waals surface area (Å²) < 4.78 is 0. The third-order valence-electron chi connectivity index (χ3n) is 2.42. The Balaban J connectivity index is 4.43. The van der Waals surface area contributed by atoms with Crippen molar-refractivity contribution in [3.05, 3.63) is 24.8 Å². The van der Waals surface area contributed by atoms with Crippen LogP contribution in [0.3, 0.4) is 0 Å². The molecule has 0 saturated carbocycles. The van der Waals surface area contributed by atoms with Gasteiger partial charge in [-0.05, 0) is 18.4 Å². The molecular weight excluding hydrogens is 214 g/mol. The molecule has 3 heteroatoms. The molecule has 0 aromatic carbocycles. The van der Waals surface area contributed by atoms with Gasteiger partial charge in [-0.15, -0.1) is 13.0 Å². The van der Waals surface area contributed by atoms with E-state index in [1.165, 1.54) is 6.08 Å². The predicted octanol–water partition coefficient (Wildman–Crippen LogP) is 1.50. The number of hydrogen-bond acceptors (Lipinski definition) is 2. The van der Waals surface area contributed by atoms with Crippen molar-refractivity contribution in [2.24, 2.45) is 11.8 Å². The standard InChI is InChI=1S/C14H21NO2/c1-5-7-12(14(17)11(3)4)8-9-13(16)15-10-6-2/h2,5,8-9,11-12,14,17H,1,7,10H2,3-4H3,(H,15,16)/b9-8+/t12-,14-/m1/s1. The first kappa shape index (κ1) is 15.5. The molecule has 0 saturated heterocycles. The van der Waals surface area contributed by atoms with E-state index in [9.17, 15) is 9.90 Å². The summed E-state index contributed by atoms with van der Waals surface area (Å²) in [5, 5.41) is 12.5. The topological polar surface area (TPSA) is 49.3 Å². The van der Waals surface area contributed by atoms with Crippen LogP contribution < -0.4 is 5.32 Å². The van der Waals surface area contributed by atoms with Crippen LogP contribution in [0.5, 0.6) is 0 Å². The number of aliphatic hydroxyl groups excluding tert-OH is 1. The Hall–Kier alpha value is -1.53. The van der Waals surface area contributed by atoms with Crippen molar-refractivity contribution in [2.45, 2.75) is 26.4 Å². The first-order chi connectivity index (χ1) is 8.02. The molecule has 0 aromatic heterocycles. The number of aliphatic hydroxyl groups is 1. The molecule has 2 N–H and O–H groups in total. The Kier molecular flexibility index (Phi) is 7.83. The lowest BCUT2D eigenvalue weighted by Gasteiger charge is -2.21. The highest BCUT2D eigenvalue weighted by Gasteiger charge is 2.18. The van der Waals surface area contributed by atoms with E-state index < -0.39 is 6.10 Å². The minimum absolute atomic E-state index is 0.0934. The lowest BCUT2D eigenvalue weighted by atomic mass is 9.90. The molecule has 0 fully saturated rings. The van der Waals surface area contributed by atoms with Crippen molar-refractivity contribution < 1.29 is 9.90 Å². The van der Waals surface area contributed by atoms with Gasteiger partial charge < -0.3 is 10.4 Å². The quantitative estimate of drug-likeness (QED) is 0.399. The van der Waals surface area contributed by atoms with Crippen molar-refractivity contribution in [3.8, 4) is 12.3 Å². The molecule has 1 amide bonds. The fourth-order valence-electron chi connectivity index (χ4n) is 1.43. The Morgan fingerprint density at radius 1 is 1.59 bits per heavy atom. The molecule has 0 bridgehead atoms. The molecule has 17 heavy (non-hydrogen) atoms. The van der Waals surface area contributed by atoms with Gasteiger partial charge in [-0.25, -0.2) is 0 Å². The predicted molar refractivity (Wildman–Crippen MR) is 70.1 cm³/mol. The zero-order valence-electron chi connectivity index (χ0n) is 10.5. The monoisotopic (exact) mass is 235 g/mol. The molecule has 94 valence electrons. The van der Waals surface area contributed by atoms with Crippen LogP contribution >= 0.6 is 0 Å². The lowest BCUT2D eigenvalue weighted by Crippen LogP contribution is -2.25. The SMILES string of the molecule is C#CCNC(=O)/C=C/[C@@H](CC=C)[C@H](O)C(C)C. The largest absolute Gasteiger partial charge is 0.392 e. The maximum atomic E-state index is 11.3. The summed E-state index contributed by atoms with van der Waals surface area (Å²) in [7, 11) is 0. The van der Waals surface area contributed by atoms with E-state index in [0.717, 1.165) is 0 Å². The van der Waals surface area contributed by atoms with Crippen molar-refractivity contribution in [2.75, 3.05) is 6.54 Å². The van der Waals surface area contributed by atoms with E-state index in [1.807, 2.05) is 13.8 Å². The third kappa shape index (κ3) is 6.60. The highest BCUT2D eigenvalue weighted by molar-refractivity contribution is 5.87. The second-order valence-electron chi connectivity index (χ2n) is 4.20. The number of carbonyl (C=O) groups excluding carboxylic acids is 1. The van der Waals surface area contributed by atoms with Crippen LogP contribution in [-0.4, -0.2) is 23.7 Å². The Labute approximate surface area is 104 Å². The molecule has 0 spiro atoms. The molecule has 0 radical (unpaired) electrons. The molecule has 3 nitrogen and oxygen atoms in total. The maximum absolute atomic E-state index is 11.3. The van der Waals surface area contributed by atoms with Gasteiger partial charge in [0.1, 0.15) is 0 Å². The summed E-state index contributed by atoms with van der Waals surface area (Å²) in [6.45, 7) is 7.73. The number of allylic oxidation sites excluding steroid dienone is 1. The minimum atomic E-state index is -0.482. The highest BCUT2D eigenvalue weighted by Crippen LogP contribution is 2.18. The molecular formula is C14H21NO2. The molecule has 0 aliphatic rings. The van der Waals surface area contributed by atoms with E-state index in [-0.39, 0.29) is 24.3 Å². The number of rotatable bonds is 7. The molecule has 0 rings (SSSR count). The van der Waals surface area contributed by atoms with Crippen LogP contribution in [0.4, 0.5) is 0 Å². The van der Waals surface area contributed by atoms with Gasteiger partial charge >= 0.3 is 0 Å². The molecule has 0 unspecified atom stereocenters. The number of nitrogens with one attached hydrogen (secondary N) is 1. The van der Waals surface area contributed by atoms with Crippen LogP contribution in [0.15, 0.2) is 24.8 Å². The smallest absolute Gasteiger partial charge is 0.244 e. The lowest BCUT2D eigenvalue weighted by molar-refractivity contribution is -0.116. The summed E-state index contributed by atoms with van der Waals surface area (Å²) in [5.41, 5.74) is 0. The van der Waals surface area contributed by atoms with Crippen molar-refractivity contribution in [3.63, 3.8) is 0 Å². The number of terminal acetylenes is 1. The normalized spacial score (nSPS) is 14.3.